The maximum atomic E-state index is 11.1. The van der Waals surface area contributed by atoms with Crippen molar-refractivity contribution in [3.8, 4) is 23.3 Å². The highest BCUT2D eigenvalue weighted by Crippen LogP contribution is 2.23. The summed E-state index contributed by atoms with van der Waals surface area (Å²) in [6.45, 7) is 7.23. The van der Waals surface area contributed by atoms with Gasteiger partial charge in [-0.15, -0.1) is 5.92 Å². The van der Waals surface area contributed by atoms with Crippen molar-refractivity contribution in [3.05, 3.63) is 89.5 Å². The van der Waals surface area contributed by atoms with Gasteiger partial charge in [0.2, 0.25) is 0 Å². The van der Waals surface area contributed by atoms with Gasteiger partial charge in [0.05, 0.1) is 19.4 Å². The Labute approximate surface area is 219 Å². The van der Waals surface area contributed by atoms with E-state index in [1.54, 1.807) is 14.0 Å². The molecule has 0 saturated carbocycles. The van der Waals surface area contributed by atoms with Crippen LogP contribution in [0.15, 0.2) is 72.8 Å². The molecule has 0 radical (unpaired) electrons. The quantitative estimate of drug-likeness (QED) is 0.389. The molecule has 1 saturated heterocycles. The van der Waals surface area contributed by atoms with E-state index in [4.69, 9.17) is 14.6 Å². The molecule has 1 aliphatic heterocycles. The second-order valence-electron chi connectivity index (χ2n) is 9.18. The number of anilines is 1. The minimum absolute atomic E-state index is 0.00819. The first-order valence-electron chi connectivity index (χ1n) is 12.6. The van der Waals surface area contributed by atoms with Crippen molar-refractivity contribution in [1.82, 2.24) is 4.90 Å². The normalized spacial score (nSPS) is 14.4. The van der Waals surface area contributed by atoms with Gasteiger partial charge < -0.3 is 19.5 Å². The Hall–Kier alpha value is -3.95. The van der Waals surface area contributed by atoms with E-state index in [0.29, 0.717) is 6.61 Å². The molecule has 4 rings (SSSR count). The first-order chi connectivity index (χ1) is 18.0. The van der Waals surface area contributed by atoms with Crippen LogP contribution in [0, 0.1) is 11.8 Å². The van der Waals surface area contributed by atoms with E-state index in [2.05, 4.69) is 58.0 Å². The number of rotatable bonds is 10. The fraction of sp³-hybridized carbons (Fsp3) is 0.323. The molecule has 0 amide bonds. The highest BCUT2D eigenvalue weighted by atomic mass is 16.5. The third kappa shape index (κ3) is 7.52. The van der Waals surface area contributed by atoms with Crippen LogP contribution in [0.3, 0.4) is 0 Å². The molecule has 1 fully saturated rings. The zero-order valence-corrected chi connectivity index (χ0v) is 21.5. The largest absolute Gasteiger partial charge is 0.497 e. The highest BCUT2D eigenvalue weighted by Gasteiger charge is 2.17. The first-order valence-corrected chi connectivity index (χ1v) is 12.6. The Balaban J connectivity index is 1.23. The van der Waals surface area contributed by atoms with Crippen LogP contribution < -0.4 is 14.4 Å². The van der Waals surface area contributed by atoms with Gasteiger partial charge in [-0.1, -0.05) is 42.3 Å². The van der Waals surface area contributed by atoms with Crippen molar-refractivity contribution in [2.75, 3.05) is 38.2 Å². The maximum Gasteiger partial charge on any atom is 0.304 e. The zero-order chi connectivity index (χ0) is 26.0. The number of aliphatic carboxylic acids is 1. The lowest BCUT2D eigenvalue weighted by molar-refractivity contribution is -0.137. The van der Waals surface area contributed by atoms with Crippen molar-refractivity contribution in [1.29, 1.82) is 0 Å². The highest BCUT2D eigenvalue weighted by molar-refractivity contribution is 5.69. The van der Waals surface area contributed by atoms with Crippen molar-refractivity contribution in [2.24, 2.45) is 0 Å². The van der Waals surface area contributed by atoms with Gasteiger partial charge in [0, 0.05) is 38.4 Å². The maximum absolute atomic E-state index is 11.1. The lowest BCUT2D eigenvalue weighted by atomic mass is 9.96. The van der Waals surface area contributed by atoms with Gasteiger partial charge in [0.15, 0.2) is 0 Å². The summed E-state index contributed by atoms with van der Waals surface area (Å²) in [5.41, 5.74) is 4.54. The molecule has 1 heterocycles. The van der Waals surface area contributed by atoms with Crippen LogP contribution in [0.25, 0.3) is 0 Å². The summed E-state index contributed by atoms with van der Waals surface area (Å²) in [7, 11) is 1.69. The molecule has 1 N–H and O–H groups in total. The SMILES string of the molecule is CC#CC(CC(=O)O)c1ccc(OCc2ccc(CN3CCN(c4ccc(OC)cc4)CC3)cc2)cc1. The van der Waals surface area contributed by atoms with Crippen LogP contribution in [0.4, 0.5) is 5.69 Å². The lowest BCUT2D eigenvalue weighted by Gasteiger charge is -2.36. The number of hydrogen-bond donors (Lipinski definition) is 1. The molecule has 192 valence electrons. The average Bonchev–Trinajstić information content (AvgIpc) is 2.93. The van der Waals surface area contributed by atoms with Gasteiger partial charge in [-0.3, -0.25) is 9.69 Å². The van der Waals surface area contributed by atoms with Crippen LogP contribution in [0.2, 0.25) is 0 Å². The standard InChI is InChI=1S/C31H34N2O4/c1-3-4-27(21-31(34)35)26-9-13-30(14-10-26)37-23-25-7-5-24(6-8-25)22-32-17-19-33(20-18-32)28-11-15-29(36-2)16-12-28/h5-16,27H,17-23H2,1-2H3,(H,34,35). The van der Waals surface area contributed by atoms with Gasteiger partial charge in [-0.25, -0.2) is 0 Å². The summed E-state index contributed by atoms with van der Waals surface area (Å²) in [5.74, 6) is 6.27. The molecule has 6 heteroatoms. The Bertz CT molecular complexity index is 1200. The minimum atomic E-state index is -0.854. The van der Waals surface area contributed by atoms with E-state index in [9.17, 15) is 4.79 Å². The number of ether oxygens (including phenoxy) is 2. The smallest absolute Gasteiger partial charge is 0.304 e. The molecule has 1 aliphatic rings. The Kier molecular flexibility index (Phi) is 9.07. The number of carboxylic acid groups (broad SMARTS) is 1. The van der Waals surface area contributed by atoms with Crippen molar-refractivity contribution in [2.45, 2.75) is 32.4 Å². The molecule has 0 aromatic heterocycles. The Morgan fingerprint density at radius 1 is 0.892 bits per heavy atom. The number of piperazine rings is 1. The van der Waals surface area contributed by atoms with Crippen LogP contribution in [0.5, 0.6) is 11.5 Å². The van der Waals surface area contributed by atoms with Gasteiger partial charge in [-0.2, -0.15) is 0 Å². The minimum Gasteiger partial charge on any atom is -0.497 e. The van der Waals surface area contributed by atoms with E-state index in [0.717, 1.165) is 55.3 Å². The third-order valence-corrected chi connectivity index (χ3v) is 6.62. The fourth-order valence-electron chi connectivity index (χ4n) is 4.52. The Morgan fingerprint density at radius 3 is 2.11 bits per heavy atom. The van der Waals surface area contributed by atoms with Crippen molar-refractivity contribution < 1.29 is 19.4 Å². The molecule has 0 bridgehead atoms. The second-order valence-corrected chi connectivity index (χ2v) is 9.18. The topological polar surface area (TPSA) is 62.2 Å². The van der Waals surface area contributed by atoms with E-state index in [-0.39, 0.29) is 12.3 Å². The number of benzene rings is 3. The second kappa shape index (κ2) is 12.8. The van der Waals surface area contributed by atoms with Gasteiger partial charge in [-0.05, 0) is 60.0 Å². The van der Waals surface area contributed by atoms with Crippen LogP contribution in [-0.2, 0) is 17.9 Å². The summed E-state index contributed by atoms with van der Waals surface area (Å²) in [4.78, 5) is 16.0. The molecular formula is C31H34N2O4. The Morgan fingerprint density at radius 2 is 1.51 bits per heavy atom. The molecule has 0 spiro atoms. The lowest BCUT2D eigenvalue weighted by Crippen LogP contribution is -2.45. The van der Waals surface area contributed by atoms with E-state index < -0.39 is 5.97 Å². The molecule has 0 aliphatic carbocycles. The van der Waals surface area contributed by atoms with E-state index in [1.807, 2.05) is 36.4 Å². The molecule has 6 nitrogen and oxygen atoms in total. The average molecular weight is 499 g/mol. The van der Waals surface area contributed by atoms with E-state index >= 15 is 0 Å². The van der Waals surface area contributed by atoms with Crippen molar-refractivity contribution in [3.63, 3.8) is 0 Å². The summed E-state index contributed by atoms with van der Waals surface area (Å²) in [6.07, 6.45) is -0.00819. The first kappa shape index (κ1) is 26.1. The third-order valence-electron chi connectivity index (χ3n) is 6.62. The van der Waals surface area contributed by atoms with Gasteiger partial charge in [0.25, 0.3) is 0 Å². The van der Waals surface area contributed by atoms with Gasteiger partial charge in [0.1, 0.15) is 18.1 Å². The number of hydrogen-bond acceptors (Lipinski definition) is 5. The molecule has 3 aromatic carbocycles. The number of nitrogens with zero attached hydrogens (tertiary/aromatic N) is 2. The van der Waals surface area contributed by atoms with Gasteiger partial charge >= 0.3 is 5.97 Å². The number of carboxylic acids is 1. The van der Waals surface area contributed by atoms with Crippen LogP contribution >= 0.6 is 0 Å². The zero-order valence-electron chi connectivity index (χ0n) is 21.5. The number of carbonyl (C=O) groups is 1. The van der Waals surface area contributed by atoms with Crippen LogP contribution in [0.1, 0.15) is 36.0 Å². The van der Waals surface area contributed by atoms with E-state index in [1.165, 1.54) is 11.3 Å². The monoisotopic (exact) mass is 498 g/mol. The van der Waals surface area contributed by atoms with Crippen molar-refractivity contribution >= 4 is 11.7 Å². The predicted octanol–water partition coefficient (Wildman–Crippen LogP) is 5.18. The summed E-state index contributed by atoms with van der Waals surface area (Å²) < 4.78 is 11.2. The van der Waals surface area contributed by atoms with Crippen LogP contribution in [-0.4, -0.2) is 49.3 Å². The molecule has 1 unspecified atom stereocenters. The predicted molar refractivity (Wildman–Crippen MR) is 146 cm³/mol. The number of methoxy groups -OCH3 is 1. The molecular weight excluding hydrogens is 464 g/mol. The summed E-state index contributed by atoms with van der Waals surface area (Å²) in [5, 5.41) is 9.12. The summed E-state index contributed by atoms with van der Waals surface area (Å²) in [6, 6.07) is 24.4. The molecule has 3 aromatic rings. The molecule has 37 heavy (non-hydrogen) atoms. The summed E-state index contributed by atoms with van der Waals surface area (Å²) >= 11 is 0. The molecule has 1 atom stereocenters. The fourth-order valence-corrected chi connectivity index (χ4v) is 4.52.